The average Bonchev–Trinajstić information content (AvgIpc) is 3.12. The molecule has 0 unspecified atom stereocenters. The van der Waals surface area contributed by atoms with Gasteiger partial charge in [0.1, 0.15) is 10.8 Å². The first kappa shape index (κ1) is 17.1. The summed E-state index contributed by atoms with van der Waals surface area (Å²) in [6.45, 7) is 2.56. The number of nitrogens with zero attached hydrogens (tertiary/aromatic N) is 2. The van der Waals surface area contributed by atoms with Gasteiger partial charge < -0.3 is 10.1 Å². The van der Waals surface area contributed by atoms with Gasteiger partial charge in [0.05, 0.1) is 12.3 Å². The third kappa shape index (κ3) is 4.87. The van der Waals surface area contributed by atoms with Gasteiger partial charge in [-0.25, -0.2) is 4.98 Å². The number of ether oxygens (including phenoxy) is 1. The minimum absolute atomic E-state index is 0.0254. The van der Waals surface area contributed by atoms with Crippen LogP contribution in [0.5, 0.6) is 5.75 Å². The molecular weight excluding hydrogens is 334 g/mol. The topological polar surface area (TPSA) is 64.1 Å². The number of hydrogen-bond donors (Lipinski definition) is 1. The van der Waals surface area contributed by atoms with Crippen LogP contribution in [-0.4, -0.2) is 22.5 Å². The van der Waals surface area contributed by atoms with Gasteiger partial charge in [0, 0.05) is 35.4 Å². The van der Waals surface area contributed by atoms with E-state index in [0.29, 0.717) is 19.4 Å². The highest BCUT2D eigenvalue weighted by Gasteiger charge is 2.08. The van der Waals surface area contributed by atoms with E-state index in [4.69, 9.17) is 4.74 Å². The van der Waals surface area contributed by atoms with Gasteiger partial charge >= 0.3 is 0 Å². The van der Waals surface area contributed by atoms with Crippen LogP contribution in [-0.2, 0) is 11.2 Å². The summed E-state index contributed by atoms with van der Waals surface area (Å²) in [5.41, 5.74) is 2.74. The number of amides is 1. The van der Waals surface area contributed by atoms with Crippen LogP contribution < -0.4 is 10.1 Å². The van der Waals surface area contributed by atoms with E-state index in [1.165, 1.54) is 0 Å². The van der Waals surface area contributed by atoms with Gasteiger partial charge in [0.25, 0.3) is 0 Å². The normalized spacial score (nSPS) is 10.4. The van der Waals surface area contributed by atoms with E-state index < -0.39 is 0 Å². The fourth-order valence-corrected chi connectivity index (χ4v) is 3.18. The average molecular weight is 353 g/mol. The summed E-state index contributed by atoms with van der Waals surface area (Å²) in [6.07, 6.45) is 4.51. The first-order valence-electron chi connectivity index (χ1n) is 8.12. The number of thiazole rings is 1. The Kier molecular flexibility index (Phi) is 5.74. The molecule has 25 heavy (non-hydrogen) atoms. The van der Waals surface area contributed by atoms with E-state index in [1.807, 2.05) is 48.7 Å². The predicted octanol–water partition coefficient (Wildman–Crippen LogP) is 4.18. The van der Waals surface area contributed by atoms with Crippen molar-refractivity contribution < 1.29 is 9.53 Å². The van der Waals surface area contributed by atoms with Crippen molar-refractivity contribution in [1.29, 1.82) is 0 Å². The van der Waals surface area contributed by atoms with Crippen molar-refractivity contribution in [2.24, 2.45) is 0 Å². The van der Waals surface area contributed by atoms with Gasteiger partial charge in [0.15, 0.2) is 0 Å². The van der Waals surface area contributed by atoms with Crippen LogP contribution in [0.2, 0.25) is 0 Å². The molecule has 1 N–H and O–H groups in total. The molecule has 0 atom stereocenters. The fourth-order valence-electron chi connectivity index (χ4n) is 2.32. The van der Waals surface area contributed by atoms with Crippen LogP contribution in [0, 0.1) is 0 Å². The second-order valence-corrected chi connectivity index (χ2v) is 6.24. The van der Waals surface area contributed by atoms with Crippen molar-refractivity contribution in [3.8, 4) is 16.3 Å². The summed E-state index contributed by atoms with van der Waals surface area (Å²) in [5, 5.41) is 5.84. The van der Waals surface area contributed by atoms with Crippen LogP contribution in [0.25, 0.3) is 10.6 Å². The molecule has 3 aromatic rings. The molecule has 2 heterocycles. The number of hydrogen-bond acceptors (Lipinski definition) is 5. The molecule has 128 valence electrons. The van der Waals surface area contributed by atoms with Gasteiger partial charge in [0.2, 0.25) is 5.91 Å². The van der Waals surface area contributed by atoms with Gasteiger partial charge in [-0.15, -0.1) is 11.3 Å². The Morgan fingerprint density at radius 3 is 2.64 bits per heavy atom. The molecule has 3 rings (SSSR count). The van der Waals surface area contributed by atoms with Crippen molar-refractivity contribution in [2.75, 3.05) is 11.9 Å². The molecular formula is C19H19N3O2S. The molecule has 0 spiro atoms. The maximum Gasteiger partial charge on any atom is 0.224 e. The Balaban J connectivity index is 1.51. The number of aromatic nitrogens is 2. The summed E-state index contributed by atoms with van der Waals surface area (Å²) >= 11 is 1.58. The van der Waals surface area contributed by atoms with E-state index in [-0.39, 0.29) is 5.91 Å². The first-order valence-corrected chi connectivity index (χ1v) is 9.00. The molecule has 1 aromatic carbocycles. The van der Waals surface area contributed by atoms with Crippen molar-refractivity contribution in [3.63, 3.8) is 0 Å². The smallest absolute Gasteiger partial charge is 0.224 e. The first-order chi connectivity index (χ1) is 12.2. The Morgan fingerprint density at radius 2 is 1.92 bits per heavy atom. The summed E-state index contributed by atoms with van der Waals surface area (Å²) in [4.78, 5) is 20.7. The number of carbonyl (C=O) groups is 1. The highest BCUT2D eigenvalue weighted by molar-refractivity contribution is 7.13. The van der Waals surface area contributed by atoms with Crippen molar-refractivity contribution in [3.05, 3.63) is 59.9 Å². The second kappa shape index (κ2) is 8.39. The quantitative estimate of drug-likeness (QED) is 0.692. The lowest BCUT2D eigenvalue weighted by atomic mass is 10.2. The SMILES string of the molecule is CCOc1ccc(NC(=O)CCc2csc(-c3ccncc3)n2)cc1. The minimum Gasteiger partial charge on any atom is -0.494 e. The molecule has 0 radical (unpaired) electrons. The molecule has 0 saturated carbocycles. The second-order valence-electron chi connectivity index (χ2n) is 5.39. The van der Waals surface area contributed by atoms with Crippen LogP contribution in [0.3, 0.4) is 0 Å². The lowest BCUT2D eigenvalue weighted by molar-refractivity contribution is -0.116. The van der Waals surface area contributed by atoms with E-state index in [2.05, 4.69) is 15.3 Å². The van der Waals surface area contributed by atoms with Crippen LogP contribution in [0.1, 0.15) is 19.0 Å². The summed E-state index contributed by atoms with van der Waals surface area (Å²) < 4.78 is 5.39. The van der Waals surface area contributed by atoms with E-state index >= 15 is 0 Å². The summed E-state index contributed by atoms with van der Waals surface area (Å²) in [7, 11) is 0. The maximum absolute atomic E-state index is 12.1. The van der Waals surface area contributed by atoms with Crippen molar-refractivity contribution in [2.45, 2.75) is 19.8 Å². The molecule has 0 fully saturated rings. The Bertz CT molecular complexity index is 816. The number of aryl methyl sites for hydroxylation is 1. The molecule has 0 aliphatic heterocycles. The number of pyridine rings is 1. The molecule has 6 heteroatoms. The Labute approximate surface area is 150 Å². The Morgan fingerprint density at radius 1 is 1.16 bits per heavy atom. The third-order valence-electron chi connectivity index (χ3n) is 3.54. The zero-order chi connectivity index (χ0) is 17.5. The lowest BCUT2D eigenvalue weighted by Crippen LogP contribution is -2.12. The van der Waals surface area contributed by atoms with E-state index in [1.54, 1.807) is 23.7 Å². The highest BCUT2D eigenvalue weighted by Crippen LogP contribution is 2.23. The van der Waals surface area contributed by atoms with Gasteiger partial charge in [-0.3, -0.25) is 9.78 Å². The molecule has 0 bridgehead atoms. The number of benzene rings is 1. The number of rotatable bonds is 7. The molecule has 0 saturated heterocycles. The van der Waals surface area contributed by atoms with E-state index in [0.717, 1.165) is 27.7 Å². The maximum atomic E-state index is 12.1. The molecule has 1 amide bonds. The zero-order valence-electron chi connectivity index (χ0n) is 13.9. The molecule has 5 nitrogen and oxygen atoms in total. The molecule has 0 aliphatic rings. The fraction of sp³-hybridized carbons (Fsp3) is 0.211. The summed E-state index contributed by atoms with van der Waals surface area (Å²) in [5.74, 6) is 0.772. The van der Waals surface area contributed by atoms with Gasteiger partial charge in [-0.1, -0.05) is 0 Å². The standard InChI is InChI=1S/C19H19N3O2S/c1-2-24-17-6-3-15(4-7-17)21-18(23)8-5-16-13-25-19(22-16)14-9-11-20-12-10-14/h3-4,6-7,9-13H,2,5,8H2,1H3,(H,21,23). The number of carbonyl (C=O) groups excluding carboxylic acids is 1. The summed E-state index contributed by atoms with van der Waals surface area (Å²) in [6, 6.07) is 11.2. The lowest BCUT2D eigenvalue weighted by Gasteiger charge is -2.06. The van der Waals surface area contributed by atoms with Crippen molar-refractivity contribution >= 4 is 22.9 Å². The van der Waals surface area contributed by atoms with Gasteiger partial charge in [-0.05, 0) is 49.7 Å². The van der Waals surface area contributed by atoms with Crippen LogP contribution in [0.15, 0.2) is 54.2 Å². The van der Waals surface area contributed by atoms with Crippen molar-refractivity contribution in [1.82, 2.24) is 9.97 Å². The number of nitrogens with one attached hydrogen (secondary N) is 1. The largest absolute Gasteiger partial charge is 0.494 e. The van der Waals surface area contributed by atoms with Crippen LogP contribution >= 0.6 is 11.3 Å². The Hall–Kier alpha value is -2.73. The predicted molar refractivity (Wildman–Crippen MR) is 99.9 cm³/mol. The van der Waals surface area contributed by atoms with E-state index in [9.17, 15) is 4.79 Å². The van der Waals surface area contributed by atoms with Gasteiger partial charge in [-0.2, -0.15) is 0 Å². The third-order valence-corrected chi connectivity index (χ3v) is 4.48. The molecule has 0 aliphatic carbocycles. The molecule has 2 aromatic heterocycles. The number of anilines is 1. The monoisotopic (exact) mass is 353 g/mol. The highest BCUT2D eigenvalue weighted by atomic mass is 32.1. The van der Waals surface area contributed by atoms with Crippen LogP contribution in [0.4, 0.5) is 5.69 Å². The minimum atomic E-state index is -0.0254. The zero-order valence-corrected chi connectivity index (χ0v) is 14.8.